The molecule has 102 valence electrons. The van der Waals surface area contributed by atoms with Crippen molar-refractivity contribution in [2.75, 3.05) is 19.7 Å². The van der Waals surface area contributed by atoms with Crippen molar-refractivity contribution < 1.29 is 9.84 Å². The summed E-state index contributed by atoms with van der Waals surface area (Å²) in [4.78, 5) is 0. The molecule has 18 heavy (non-hydrogen) atoms. The third kappa shape index (κ3) is 5.44. The van der Waals surface area contributed by atoms with Gasteiger partial charge in [0.05, 0.1) is 5.02 Å². The standard InChI is InChI=1S/C13H19Cl2NO2/c1-9(2)6-16-7-10(17)8-18-12-5-3-4-11(14)13(12)15/h3-5,9-10,16-17H,6-8H2,1-2H3. The highest BCUT2D eigenvalue weighted by Gasteiger charge is 2.09. The predicted molar refractivity (Wildman–Crippen MR) is 75.7 cm³/mol. The summed E-state index contributed by atoms with van der Waals surface area (Å²) in [6, 6.07) is 5.17. The summed E-state index contributed by atoms with van der Waals surface area (Å²) in [5.74, 6) is 1.05. The van der Waals surface area contributed by atoms with Gasteiger partial charge in [-0.25, -0.2) is 0 Å². The van der Waals surface area contributed by atoms with Gasteiger partial charge in [-0.2, -0.15) is 0 Å². The van der Waals surface area contributed by atoms with Crippen LogP contribution >= 0.6 is 23.2 Å². The van der Waals surface area contributed by atoms with Crippen molar-refractivity contribution in [3.63, 3.8) is 0 Å². The fraction of sp³-hybridized carbons (Fsp3) is 0.538. The van der Waals surface area contributed by atoms with Crippen LogP contribution in [0.1, 0.15) is 13.8 Å². The van der Waals surface area contributed by atoms with Crippen LogP contribution in [0.25, 0.3) is 0 Å². The van der Waals surface area contributed by atoms with Crippen molar-refractivity contribution in [3.8, 4) is 5.75 Å². The molecule has 0 aromatic heterocycles. The minimum absolute atomic E-state index is 0.186. The maximum atomic E-state index is 9.72. The Morgan fingerprint density at radius 3 is 2.67 bits per heavy atom. The molecule has 0 radical (unpaired) electrons. The van der Waals surface area contributed by atoms with E-state index in [9.17, 15) is 5.11 Å². The maximum absolute atomic E-state index is 9.72. The highest BCUT2D eigenvalue weighted by molar-refractivity contribution is 6.42. The van der Waals surface area contributed by atoms with Gasteiger partial charge in [-0.15, -0.1) is 0 Å². The number of aliphatic hydroxyl groups excluding tert-OH is 1. The van der Waals surface area contributed by atoms with Crippen LogP contribution in [0.3, 0.4) is 0 Å². The van der Waals surface area contributed by atoms with E-state index >= 15 is 0 Å². The van der Waals surface area contributed by atoms with E-state index in [0.717, 1.165) is 6.54 Å². The van der Waals surface area contributed by atoms with Crippen LogP contribution in [0.15, 0.2) is 18.2 Å². The van der Waals surface area contributed by atoms with Gasteiger partial charge in [0, 0.05) is 6.54 Å². The first-order valence-corrected chi connectivity index (χ1v) is 6.72. The van der Waals surface area contributed by atoms with Crippen LogP contribution in [0.5, 0.6) is 5.75 Å². The molecule has 1 aromatic rings. The molecule has 0 spiro atoms. The molecule has 1 unspecified atom stereocenters. The molecule has 0 amide bonds. The lowest BCUT2D eigenvalue weighted by atomic mass is 10.2. The summed E-state index contributed by atoms with van der Waals surface area (Å²) in [6.07, 6.45) is -0.571. The molecule has 0 aliphatic carbocycles. The number of benzene rings is 1. The summed E-state index contributed by atoms with van der Waals surface area (Å²) >= 11 is 11.8. The highest BCUT2D eigenvalue weighted by Crippen LogP contribution is 2.31. The van der Waals surface area contributed by atoms with E-state index in [2.05, 4.69) is 19.2 Å². The summed E-state index contributed by atoms with van der Waals surface area (Å²) in [6.45, 7) is 5.78. The summed E-state index contributed by atoms with van der Waals surface area (Å²) < 4.78 is 5.43. The Morgan fingerprint density at radius 2 is 2.00 bits per heavy atom. The number of aliphatic hydroxyl groups is 1. The van der Waals surface area contributed by atoms with E-state index < -0.39 is 6.10 Å². The zero-order valence-electron chi connectivity index (χ0n) is 10.6. The molecule has 0 saturated carbocycles. The Balaban J connectivity index is 2.33. The molecule has 0 fully saturated rings. The molecule has 0 aliphatic rings. The van der Waals surface area contributed by atoms with Crippen LogP contribution in [0.4, 0.5) is 0 Å². The van der Waals surface area contributed by atoms with Crippen molar-refractivity contribution in [2.45, 2.75) is 20.0 Å². The topological polar surface area (TPSA) is 41.5 Å². The van der Waals surface area contributed by atoms with E-state index in [-0.39, 0.29) is 6.61 Å². The number of ether oxygens (including phenoxy) is 1. The Kier molecular flexibility index (Phi) is 6.79. The van der Waals surface area contributed by atoms with Crippen molar-refractivity contribution in [1.82, 2.24) is 5.32 Å². The van der Waals surface area contributed by atoms with E-state index in [1.165, 1.54) is 0 Å². The second-order valence-corrected chi connectivity index (χ2v) is 5.35. The van der Waals surface area contributed by atoms with Crippen LogP contribution < -0.4 is 10.1 Å². The number of hydrogen-bond donors (Lipinski definition) is 2. The lowest BCUT2D eigenvalue weighted by Crippen LogP contribution is -2.33. The predicted octanol–water partition coefficient (Wildman–Crippen LogP) is 2.98. The molecule has 0 bridgehead atoms. The van der Waals surface area contributed by atoms with Crippen LogP contribution in [0.2, 0.25) is 10.0 Å². The maximum Gasteiger partial charge on any atom is 0.139 e. The molecule has 5 heteroatoms. The third-order valence-electron chi connectivity index (χ3n) is 2.28. The smallest absolute Gasteiger partial charge is 0.139 e. The summed E-state index contributed by atoms with van der Waals surface area (Å²) in [7, 11) is 0. The van der Waals surface area contributed by atoms with Crippen LogP contribution in [0, 0.1) is 5.92 Å². The van der Waals surface area contributed by atoms with Gasteiger partial charge < -0.3 is 15.2 Å². The monoisotopic (exact) mass is 291 g/mol. The minimum atomic E-state index is -0.571. The van der Waals surface area contributed by atoms with Gasteiger partial charge in [0.25, 0.3) is 0 Å². The second kappa shape index (κ2) is 7.85. The Labute approximate surface area is 118 Å². The van der Waals surface area contributed by atoms with E-state index in [4.69, 9.17) is 27.9 Å². The van der Waals surface area contributed by atoms with Gasteiger partial charge in [-0.05, 0) is 24.6 Å². The first kappa shape index (κ1) is 15.6. The van der Waals surface area contributed by atoms with E-state index in [0.29, 0.717) is 28.3 Å². The SMILES string of the molecule is CC(C)CNCC(O)COc1cccc(Cl)c1Cl. The lowest BCUT2D eigenvalue weighted by molar-refractivity contribution is 0.106. The van der Waals surface area contributed by atoms with Crippen molar-refractivity contribution in [1.29, 1.82) is 0 Å². The summed E-state index contributed by atoms with van der Waals surface area (Å²) in [5.41, 5.74) is 0. The van der Waals surface area contributed by atoms with Gasteiger partial charge in [0.1, 0.15) is 23.5 Å². The number of nitrogens with one attached hydrogen (secondary N) is 1. The number of hydrogen-bond acceptors (Lipinski definition) is 3. The molecular weight excluding hydrogens is 273 g/mol. The van der Waals surface area contributed by atoms with Crippen LogP contribution in [-0.4, -0.2) is 30.9 Å². The Morgan fingerprint density at radius 1 is 1.28 bits per heavy atom. The average molecular weight is 292 g/mol. The molecule has 0 saturated heterocycles. The zero-order chi connectivity index (χ0) is 13.5. The molecule has 0 aliphatic heterocycles. The molecule has 1 rings (SSSR count). The molecule has 3 nitrogen and oxygen atoms in total. The van der Waals surface area contributed by atoms with E-state index in [1.54, 1.807) is 18.2 Å². The van der Waals surface area contributed by atoms with Gasteiger partial charge in [-0.1, -0.05) is 43.1 Å². The fourth-order valence-corrected chi connectivity index (χ4v) is 1.73. The lowest BCUT2D eigenvalue weighted by Gasteiger charge is -2.15. The Hall–Kier alpha value is -0.480. The van der Waals surface area contributed by atoms with E-state index in [1.807, 2.05) is 0 Å². The molecule has 1 atom stereocenters. The Bertz CT molecular complexity index is 372. The fourth-order valence-electron chi connectivity index (χ4n) is 1.38. The van der Waals surface area contributed by atoms with Crippen LogP contribution in [-0.2, 0) is 0 Å². The average Bonchev–Trinajstić information content (AvgIpc) is 2.30. The van der Waals surface area contributed by atoms with Gasteiger partial charge in [0.2, 0.25) is 0 Å². The van der Waals surface area contributed by atoms with Gasteiger partial charge in [0.15, 0.2) is 0 Å². The van der Waals surface area contributed by atoms with Crippen molar-refractivity contribution >= 4 is 23.2 Å². The number of halogens is 2. The minimum Gasteiger partial charge on any atom is -0.489 e. The van der Waals surface area contributed by atoms with Gasteiger partial charge in [-0.3, -0.25) is 0 Å². The molecule has 1 aromatic carbocycles. The normalized spacial score (nSPS) is 12.8. The highest BCUT2D eigenvalue weighted by atomic mass is 35.5. The molecule has 2 N–H and O–H groups in total. The first-order valence-electron chi connectivity index (χ1n) is 5.96. The van der Waals surface area contributed by atoms with Crippen molar-refractivity contribution in [2.24, 2.45) is 5.92 Å². The first-order chi connectivity index (χ1) is 8.50. The molecule has 0 heterocycles. The summed E-state index contributed by atoms with van der Waals surface area (Å²) in [5, 5.41) is 13.7. The quantitative estimate of drug-likeness (QED) is 0.812. The largest absolute Gasteiger partial charge is 0.489 e. The second-order valence-electron chi connectivity index (χ2n) is 4.57. The van der Waals surface area contributed by atoms with Crippen molar-refractivity contribution in [3.05, 3.63) is 28.2 Å². The third-order valence-corrected chi connectivity index (χ3v) is 3.08. The van der Waals surface area contributed by atoms with Gasteiger partial charge >= 0.3 is 0 Å². The zero-order valence-corrected chi connectivity index (χ0v) is 12.1. The number of rotatable bonds is 7. The molecular formula is C13H19Cl2NO2.